The maximum absolute atomic E-state index is 11.0. The van der Waals surface area contributed by atoms with Crippen LogP contribution in [0.3, 0.4) is 0 Å². The van der Waals surface area contributed by atoms with Gasteiger partial charge < -0.3 is 9.84 Å². The lowest BCUT2D eigenvalue weighted by molar-refractivity contribution is 0.0693. The topological polar surface area (TPSA) is 77.2 Å². The Morgan fingerprint density at radius 3 is 2.85 bits per heavy atom. The number of aryl methyl sites for hydroxylation is 1. The van der Waals surface area contributed by atoms with Crippen molar-refractivity contribution in [2.75, 3.05) is 0 Å². The van der Waals surface area contributed by atoms with Crippen LogP contribution < -0.4 is 4.74 Å². The first kappa shape index (κ1) is 12.7. The van der Waals surface area contributed by atoms with Gasteiger partial charge in [0.1, 0.15) is 12.2 Å². The fourth-order valence-electron chi connectivity index (χ4n) is 2.09. The summed E-state index contributed by atoms with van der Waals surface area (Å²) >= 11 is 0. The van der Waals surface area contributed by atoms with Crippen molar-refractivity contribution in [3.8, 4) is 5.88 Å². The molecule has 0 aliphatic heterocycles. The van der Waals surface area contributed by atoms with Gasteiger partial charge in [0, 0.05) is 19.3 Å². The third kappa shape index (κ3) is 2.49. The first-order valence-electron chi connectivity index (χ1n) is 6.48. The molecule has 0 spiro atoms. The number of aromatic nitrogens is 3. The van der Waals surface area contributed by atoms with Gasteiger partial charge in [-0.15, -0.1) is 0 Å². The van der Waals surface area contributed by atoms with E-state index in [1.807, 2.05) is 18.3 Å². The first-order valence-corrected chi connectivity index (χ1v) is 6.48. The number of carboxylic acid groups (broad SMARTS) is 1. The fraction of sp³-hybridized carbons (Fsp3) is 0.357. The molecule has 2 heterocycles. The number of nitrogens with zero attached hydrogens (tertiary/aromatic N) is 3. The van der Waals surface area contributed by atoms with E-state index in [0.29, 0.717) is 17.5 Å². The van der Waals surface area contributed by atoms with E-state index >= 15 is 0 Å². The smallest absolute Gasteiger partial charge is 0.339 e. The van der Waals surface area contributed by atoms with Crippen molar-refractivity contribution in [1.29, 1.82) is 0 Å². The zero-order valence-corrected chi connectivity index (χ0v) is 11.1. The number of aromatic carboxylic acids is 1. The average molecular weight is 273 g/mol. The second-order valence-electron chi connectivity index (χ2n) is 4.93. The average Bonchev–Trinajstić information content (AvgIpc) is 3.21. The first-order chi connectivity index (χ1) is 9.65. The van der Waals surface area contributed by atoms with Crippen LogP contribution in [-0.2, 0) is 13.7 Å². The minimum absolute atomic E-state index is 0.133. The normalized spacial score (nSPS) is 14.2. The number of hydrogen-bond acceptors (Lipinski definition) is 4. The van der Waals surface area contributed by atoms with Gasteiger partial charge in [-0.3, -0.25) is 4.68 Å². The number of pyridine rings is 1. The molecule has 1 saturated carbocycles. The quantitative estimate of drug-likeness (QED) is 0.901. The van der Waals surface area contributed by atoms with Gasteiger partial charge in [0.2, 0.25) is 5.88 Å². The van der Waals surface area contributed by atoms with Gasteiger partial charge in [0.15, 0.2) is 0 Å². The molecule has 1 aliphatic carbocycles. The minimum Gasteiger partial charge on any atom is -0.478 e. The van der Waals surface area contributed by atoms with Crippen LogP contribution in [0.15, 0.2) is 24.5 Å². The second kappa shape index (κ2) is 4.96. The summed E-state index contributed by atoms with van der Waals surface area (Å²) in [4.78, 5) is 15.3. The lowest BCUT2D eigenvalue weighted by Crippen LogP contribution is -2.09. The maximum atomic E-state index is 11.0. The zero-order chi connectivity index (χ0) is 14.1. The predicted molar refractivity (Wildman–Crippen MR) is 70.7 cm³/mol. The highest BCUT2D eigenvalue weighted by atomic mass is 16.5. The summed E-state index contributed by atoms with van der Waals surface area (Å²) < 4.78 is 7.04. The summed E-state index contributed by atoms with van der Waals surface area (Å²) in [6, 6.07) is 3.84. The zero-order valence-electron chi connectivity index (χ0n) is 11.1. The van der Waals surface area contributed by atoms with Gasteiger partial charge in [-0.25, -0.2) is 9.78 Å². The molecule has 0 radical (unpaired) electrons. The molecule has 0 unspecified atom stereocenters. The van der Waals surface area contributed by atoms with E-state index in [1.165, 1.54) is 29.3 Å². The monoisotopic (exact) mass is 273 g/mol. The summed E-state index contributed by atoms with van der Waals surface area (Å²) in [5, 5.41) is 13.0. The van der Waals surface area contributed by atoms with Crippen LogP contribution in [0.5, 0.6) is 5.88 Å². The van der Waals surface area contributed by atoms with Gasteiger partial charge in [-0.05, 0) is 24.3 Å². The largest absolute Gasteiger partial charge is 0.478 e. The molecule has 3 rings (SSSR count). The summed E-state index contributed by atoms with van der Waals surface area (Å²) in [6.07, 6.45) is 5.62. The summed E-state index contributed by atoms with van der Waals surface area (Å²) in [5.41, 5.74) is 1.91. The van der Waals surface area contributed by atoms with Crippen LogP contribution in [0.25, 0.3) is 0 Å². The van der Waals surface area contributed by atoms with E-state index in [1.54, 1.807) is 7.05 Å². The number of rotatable bonds is 5. The van der Waals surface area contributed by atoms with Crippen LogP contribution in [0.1, 0.15) is 40.4 Å². The van der Waals surface area contributed by atoms with E-state index < -0.39 is 5.97 Å². The molecule has 2 aromatic heterocycles. The molecule has 1 aliphatic rings. The van der Waals surface area contributed by atoms with Gasteiger partial charge in [-0.1, -0.05) is 6.07 Å². The van der Waals surface area contributed by atoms with Crippen LogP contribution in [0.2, 0.25) is 0 Å². The van der Waals surface area contributed by atoms with Gasteiger partial charge in [-0.2, -0.15) is 5.10 Å². The van der Waals surface area contributed by atoms with Crippen LogP contribution in [0.4, 0.5) is 0 Å². The second-order valence-corrected chi connectivity index (χ2v) is 4.93. The molecule has 1 N–H and O–H groups in total. The van der Waals surface area contributed by atoms with E-state index in [4.69, 9.17) is 9.84 Å². The lowest BCUT2D eigenvalue weighted by atomic mass is 10.2. The van der Waals surface area contributed by atoms with Crippen molar-refractivity contribution in [2.45, 2.75) is 25.4 Å². The lowest BCUT2D eigenvalue weighted by Gasteiger charge is -2.07. The van der Waals surface area contributed by atoms with Crippen LogP contribution in [0, 0.1) is 0 Å². The molecule has 0 amide bonds. The highest BCUT2D eigenvalue weighted by molar-refractivity contribution is 5.88. The van der Waals surface area contributed by atoms with Crippen molar-refractivity contribution in [3.63, 3.8) is 0 Å². The third-order valence-electron chi connectivity index (χ3n) is 3.46. The number of carboxylic acids is 1. The number of ether oxygens (including phenoxy) is 1. The highest BCUT2D eigenvalue weighted by Crippen LogP contribution is 2.39. The van der Waals surface area contributed by atoms with Crippen molar-refractivity contribution >= 4 is 5.97 Å². The maximum Gasteiger partial charge on any atom is 0.339 e. The summed E-state index contributed by atoms with van der Waals surface area (Å²) in [7, 11) is 1.69. The number of hydrogen-bond donors (Lipinski definition) is 1. The Morgan fingerprint density at radius 1 is 1.45 bits per heavy atom. The highest BCUT2D eigenvalue weighted by Gasteiger charge is 2.23. The SMILES string of the molecule is Cn1ncc(C(=O)O)c1COc1ccc(C2CC2)cn1. The molecule has 2 aromatic rings. The molecular formula is C14H15N3O3. The molecule has 104 valence electrons. The Kier molecular flexibility index (Phi) is 3.14. The Hall–Kier alpha value is -2.37. The Morgan fingerprint density at radius 2 is 2.25 bits per heavy atom. The Labute approximate surface area is 116 Å². The molecule has 0 atom stereocenters. The Bertz CT molecular complexity index is 630. The summed E-state index contributed by atoms with van der Waals surface area (Å²) in [5.74, 6) is 0.146. The molecule has 6 heteroatoms. The molecule has 0 bridgehead atoms. The predicted octanol–water partition coefficient (Wildman–Crippen LogP) is 1.97. The van der Waals surface area contributed by atoms with E-state index in [9.17, 15) is 4.79 Å². The molecule has 0 saturated heterocycles. The van der Waals surface area contributed by atoms with Crippen molar-refractivity contribution in [3.05, 3.63) is 41.3 Å². The Balaban J connectivity index is 1.69. The van der Waals surface area contributed by atoms with Gasteiger partial charge >= 0.3 is 5.97 Å². The summed E-state index contributed by atoms with van der Waals surface area (Å²) in [6.45, 7) is 0.133. The van der Waals surface area contributed by atoms with E-state index in [0.717, 1.165) is 0 Å². The van der Waals surface area contributed by atoms with Crippen LogP contribution >= 0.6 is 0 Å². The molecular weight excluding hydrogens is 258 g/mol. The fourth-order valence-corrected chi connectivity index (χ4v) is 2.09. The molecule has 20 heavy (non-hydrogen) atoms. The molecule has 0 aromatic carbocycles. The van der Waals surface area contributed by atoms with Gasteiger partial charge in [0.05, 0.1) is 11.9 Å². The number of carbonyl (C=O) groups is 1. The van der Waals surface area contributed by atoms with Crippen molar-refractivity contribution in [1.82, 2.24) is 14.8 Å². The molecule has 1 fully saturated rings. The van der Waals surface area contributed by atoms with Gasteiger partial charge in [0.25, 0.3) is 0 Å². The third-order valence-corrected chi connectivity index (χ3v) is 3.46. The minimum atomic E-state index is -1.01. The van der Waals surface area contributed by atoms with E-state index in [-0.39, 0.29) is 12.2 Å². The standard InChI is InChI=1S/C14H15N3O3/c1-17-12(11(7-16-17)14(18)19)8-20-13-5-4-10(6-15-13)9-2-3-9/h4-7,9H,2-3,8H2,1H3,(H,18,19). The van der Waals surface area contributed by atoms with E-state index in [2.05, 4.69) is 10.1 Å². The van der Waals surface area contributed by atoms with Crippen LogP contribution in [-0.4, -0.2) is 25.8 Å². The molecule has 6 nitrogen and oxygen atoms in total. The van der Waals surface area contributed by atoms with Crippen molar-refractivity contribution < 1.29 is 14.6 Å². The van der Waals surface area contributed by atoms with Crippen molar-refractivity contribution in [2.24, 2.45) is 7.05 Å².